The molecule has 2 aliphatic rings. The Bertz CT molecular complexity index is 465. The highest BCUT2D eigenvalue weighted by molar-refractivity contribution is 7.14. The molecule has 1 N–H and O–H groups in total. The molecule has 1 amide bonds. The largest absolute Gasteiger partial charge is 0.395 e. The second-order valence-corrected chi connectivity index (χ2v) is 6.76. The zero-order valence-corrected chi connectivity index (χ0v) is 12.6. The fourth-order valence-electron chi connectivity index (χ4n) is 3.13. The second kappa shape index (κ2) is 6.24. The number of carbonyl (C=O) groups excluding carboxylic acids is 1. The summed E-state index contributed by atoms with van der Waals surface area (Å²) < 4.78 is 0. The molecule has 1 aromatic rings. The van der Waals surface area contributed by atoms with E-state index in [9.17, 15) is 4.79 Å². The number of rotatable bonds is 3. The molecular weight excluding hydrogens is 272 g/mol. The standard InChI is InChI=1S/C15H22N2O2S/c18-10-9-16-5-2-6-17(8-7-16)15(19)14-11-12-3-1-4-13(12)20-14/h11,18H,1-10H2. The lowest BCUT2D eigenvalue weighted by atomic mass is 10.2. The third-order valence-electron chi connectivity index (χ3n) is 4.25. The number of β-amino-alcohol motifs (C(OH)–C–C–N with tert-alkyl or cyclic N) is 1. The third-order valence-corrected chi connectivity index (χ3v) is 5.47. The van der Waals surface area contributed by atoms with Crippen LogP contribution in [0.3, 0.4) is 0 Å². The minimum Gasteiger partial charge on any atom is -0.395 e. The first-order valence-corrected chi connectivity index (χ1v) is 8.33. The van der Waals surface area contributed by atoms with E-state index in [0.717, 1.165) is 56.9 Å². The maximum Gasteiger partial charge on any atom is 0.263 e. The monoisotopic (exact) mass is 294 g/mol. The van der Waals surface area contributed by atoms with E-state index in [-0.39, 0.29) is 12.5 Å². The summed E-state index contributed by atoms with van der Waals surface area (Å²) in [6.07, 6.45) is 4.53. The first-order chi connectivity index (χ1) is 9.78. The van der Waals surface area contributed by atoms with Crippen LogP contribution in [0.2, 0.25) is 0 Å². The van der Waals surface area contributed by atoms with Gasteiger partial charge in [0, 0.05) is 31.1 Å². The second-order valence-electron chi connectivity index (χ2n) is 5.62. The Hall–Kier alpha value is -0.910. The highest BCUT2D eigenvalue weighted by Crippen LogP contribution is 2.31. The topological polar surface area (TPSA) is 43.8 Å². The molecule has 0 radical (unpaired) electrons. The Kier molecular flexibility index (Phi) is 4.38. The number of amides is 1. The molecular formula is C15H22N2O2S. The number of hydrogen-bond donors (Lipinski definition) is 1. The summed E-state index contributed by atoms with van der Waals surface area (Å²) in [5.41, 5.74) is 1.40. The van der Waals surface area contributed by atoms with Crippen LogP contribution < -0.4 is 0 Å². The number of carbonyl (C=O) groups is 1. The van der Waals surface area contributed by atoms with E-state index >= 15 is 0 Å². The number of aryl methyl sites for hydroxylation is 2. The lowest BCUT2D eigenvalue weighted by Gasteiger charge is -2.21. The molecule has 1 aliphatic carbocycles. The molecule has 20 heavy (non-hydrogen) atoms. The number of aliphatic hydroxyl groups is 1. The Morgan fingerprint density at radius 1 is 1.20 bits per heavy atom. The number of aliphatic hydroxyl groups excluding tert-OH is 1. The fraction of sp³-hybridized carbons (Fsp3) is 0.667. The summed E-state index contributed by atoms with van der Waals surface area (Å²) in [5, 5.41) is 9.01. The lowest BCUT2D eigenvalue weighted by molar-refractivity contribution is 0.0765. The van der Waals surface area contributed by atoms with Crippen molar-refractivity contribution in [1.29, 1.82) is 0 Å². The van der Waals surface area contributed by atoms with E-state index in [1.807, 2.05) is 4.90 Å². The molecule has 0 unspecified atom stereocenters. The van der Waals surface area contributed by atoms with Crippen LogP contribution in [-0.2, 0) is 12.8 Å². The van der Waals surface area contributed by atoms with Crippen molar-refractivity contribution < 1.29 is 9.90 Å². The first kappa shape index (κ1) is 14.0. The quantitative estimate of drug-likeness (QED) is 0.916. The predicted octanol–water partition coefficient (Wildman–Crippen LogP) is 1.38. The molecule has 1 aliphatic heterocycles. The number of thiophene rings is 1. The van der Waals surface area contributed by atoms with Gasteiger partial charge in [-0.2, -0.15) is 0 Å². The summed E-state index contributed by atoms with van der Waals surface area (Å²) in [7, 11) is 0. The van der Waals surface area contributed by atoms with Crippen LogP contribution in [0.15, 0.2) is 6.07 Å². The number of hydrogen-bond acceptors (Lipinski definition) is 4. The third kappa shape index (κ3) is 2.90. The summed E-state index contributed by atoms with van der Waals surface area (Å²) in [6, 6.07) is 2.12. The van der Waals surface area contributed by atoms with Crippen molar-refractivity contribution in [2.45, 2.75) is 25.7 Å². The lowest BCUT2D eigenvalue weighted by Crippen LogP contribution is -2.35. The average molecular weight is 294 g/mol. The Balaban J connectivity index is 1.64. The highest BCUT2D eigenvalue weighted by atomic mass is 32.1. The minimum absolute atomic E-state index is 0.200. The van der Waals surface area contributed by atoms with Crippen LogP contribution >= 0.6 is 11.3 Å². The van der Waals surface area contributed by atoms with Crippen molar-refractivity contribution in [2.75, 3.05) is 39.3 Å². The number of nitrogens with zero attached hydrogens (tertiary/aromatic N) is 2. The van der Waals surface area contributed by atoms with Crippen molar-refractivity contribution >= 4 is 17.2 Å². The normalized spacial score (nSPS) is 19.9. The maximum absolute atomic E-state index is 12.6. The Labute approximate surface area is 124 Å². The van der Waals surface area contributed by atoms with Gasteiger partial charge in [0.05, 0.1) is 11.5 Å². The average Bonchev–Trinajstić information content (AvgIpc) is 2.95. The van der Waals surface area contributed by atoms with Crippen LogP contribution in [0.5, 0.6) is 0 Å². The smallest absolute Gasteiger partial charge is 0.263 e. The van der Waals surface area contributed by atoms with Crippen molar-refractivity contribution in [2.24, 2.45) is 0 Å². The van der Waals surface area contributed by atoms with Gasteiger partial charge in [0.2, 0.25) is 0 Å². The van der Waals surface area contributed by atoms with Gasteiger partial charge in [-0.05, 0) is 43.9 Å². The SMILES string of the molecule is O=C(c1cc2c(s1)CCC2)N1CCCN(CCO)CC1. The zero-order chi connectivity index (χ0) is 13.9. The summed E-state index contributed by atoms with van der Waals surface area (Å²) >= 11 is 1.70. The van der Waals surface area contributed by atoms with Gasteiger partial charge in [0.25, 0.3) is 5.91 Å². The van der Waals surface area contributed by atoms with Crippen LogP contribution in [0, 0.1) is 0 Å². The van der Waals surface area contributed by atoms with Gasteiger partial charge in [-0.3, -0.25) is 9.69 Å². The molecule has 110 valence electrons. The van der Waals surface area contributed by atoms with E-state index < -0.39 is 0 Å². The Morgan fingerprint density at radius 3 is 2.90 bits per heavy atom. The summed E-state index contributed by atoms with van der Waals surface area (Å²) in [5.74, 6) is 0.204. The van der Waals surface area contributed by atoms with Gasteiger partial charge in [-0.1, -0.05) is 0 Å². The molecule has 1 aromatic heterocycles. The van der Waals surface area contributed by atoms with Crippen LogP contribution in [0.4, 0.5) is 0 Å². The molecule has 3 rings (SSSR count). The van der Waals surface area contributed by atoms with Crippen molar-refractivity contribution in [3.63, 3.8) is 0 Å². The van der Waals surface area contributed by atoms with Gasteiger partial charge in [-0.25, -0.2) is 0 Å². The van der Waals surface area contributed by atoms with E-state index in [1.54, 1.807) is 11.3 Å². The molecule has 0 saturated carbocycles. The van der Waals surface area contributed by atoms with Gasteiger partial charge < -0.3 is 10.0 Å². The number of fused-ring (bicyclic) bond motifs is 1. The molecule has 0 aromatic carbocycles. The van der Waals surface area contributed by atoms with Crippen molar-refractivity contribution in [3.8, 4) is 0 Å². The molecule has 4 nitrogen and oxygen atoms in total. The van der Waals surface area contributed by atoms with E-state index in [2.05, 4.69) is 11.0 Å². The molecule has 0 atom stereocenters. The van der Waals surface area contributed by atoms with Gasteiger partial charge in [0.1, 0.15) is 0 Å². The summed E-state index contributed by atoms with van der Waals surface area (Å²) in [6.45, 7) is 4.38. The van der Waals surface area contributed by atoms with E-state index in [4.69, 9.17) is 5.11 Å². The van der Waals surface area contributed by atoms with Crippen molar-refractivity contribution in [1.82, 2.24) is 9.80 Å². The Morgan fingerprint density at radius 2 is 2.10 bits per heavy atom. The van der Waals surface area contributed by atoms with Gasteiger partial charge in [0.15, 0.2) is 0 Å². The predicted molar refractivity (Wildman–Crippen MR) is 80.4 cm³/mol. The molecule has 0 spiro atoms. The van der Waals surface area contributed by atoms with Crippen molar-refractivity contribution in [3.05, 3.63) is 21.4 Å². The van der Waals surface area contributed by atoms with Gasteiger partial charge >= 0.3 is 0 Å². The maximum atomic E-state index is 12.6. The first-order valence-electron chi connectivity index (χ1n) is 7.52. The van der Waals surface area contributed by atoms with Gasteiger partial charge in [-0.15, -0.1) is 11.3 Å². The fourth-order valence-corrected chi connectivity index (χ4v) is 4.35. The van der Waals surface area contributed by atoms with Crippen LogP contribution in [-0.4, -0.2) is 60.1 Å². The highest BCUT2D eigenvalue weighted by Gasteiger charge is 2.24. The van der Waals surface area contributed by atoms with Crippen LogP contribution in [0.1, 0.15) is 33.0 Å². The molecule has 1 saturated heterocycles. The molecule has 0 bridgehead atoms. The zero-order valence-electron chi connectivity index (χ0n) is 11.8. The minimum atomic E-state index is 0.200. The molecule has 5 heteroatoms. The van der Waals surface area contributed by atoms with E-state index in [0.29, 0.717) is 0 Å². The molecule has 1 fully saturated rings. The molecule has 2 heterocycles. The van der Waals surface area contributed by atoms with E-state index in [1.165, 1.54) is 16.9 Å². The summed E-state index contributed by atoms with van der Waals surface area (Å²) in [4.78, 5) is 19.2. The van der Waals surface area contributed by atoms with Crippen LogP contribution in [0.25, 0.3) is 0 Å².